The van der Waals surface area contributed by atoms with Gasteiger partial charge in [-0.25, -0.2) is 0 Å². The van der Waals surface area contributed by atoms with E-state index in [1.165, 1.54) is 12.3 Å². The molecule has 0 atom stereocenters. The summed E-state index contributed by atoms with van der Waals surface area (Å²) < 4.78 is 5.12. The number of carbonyl (C=O) groups excluding carboxylic acids is 2. The van der Waals surface area contributed by atoms with E-state index in [-0.39, 0.29) is 30.0 Å². The third kappa shape index (κ3) is 4.08. The Bertz CT molecular complexity index is 795. The van der Waals surface area contributed by atoms with Gasteiger partial charge >= 0.3 is 0 Å². The molecule has 1 aliphatic rings. The first-order valence-corrected chi connectivity index (χ1v) is 8.39. The Kier molecular flexibility index (Phi) is 5.31. The van der Waals surface area contributed by atoms with Gasteiger partial charge in [-0.2, -0.15) is 0 Å². The van der Waals surface area contributed by atoms with Crippen LogP contribution in [0.1, 0.15) is 29.0 Å². The van der Waals surface area contributed by atoms with Crippen molar-refractivity contribution in [2.24, 2.45) is 0 Å². The van der Waals surface area contributed by atoms with Crippen molar-refractivity contribution in [3.8, 4) is 0 Å². The second-order valence-electron chi connectivity index (χ2n) is 6.17. The maximum Gasteiger partial charge on any atom is 0.289 e. The quantitative estimate of drug-likeness (QED) is 0.652. The van der Waals surface area contributed by atoms with Crippen molar-refractivity contribution in [1.82, 2.24) is 10.2 Å². The van der Waals surface area contributed by atoms with Crippen molar-refractivity contribution in [1.29, 1.82) is 0 Å². The van der Waals surface area contributed by atoms with Crippen molar-refractivity contribution < 1.29 is 18.9 Å². The number of piperidine rings is 1. The number of nitro groups is 1. The molecule has 8 heteroatoms. The number of para-hydroxylation sites is 1. The molecule has 1 aliphatic heterocycles. The minimum Gasteiger partial charge on any atom is -0.459 e. The first kappa shape index (κ1) is 17.7. The summed E-state index contributed by atoms with van der Waals surface area (Å²) in [6, 6.07) is 9.47. The Morgan fingerprint density at radius 1 is 1.19 bits per heavy atom. The third-order valence-corrected chi connectivity index (χ3v) is 4.42. The lowest BCUT2D eigenvalue weighted by atomic mass is 10.0. The van der Waals surface area contributed by atoms with E-state index in [9.17, 15) is 19.7 Å². The summed E-state index contributed by atoms with van der Waals surface area (Å²) in [5.74, 6) is -0.0985. The molecule has 2 amide bonds. The molecule has 0 radical (unpaired) electrons. The van der Waals surface area contributed by atoms with Gasteiger partial charge in [-0.05, 0) is 25.0 Å². The van der Waals surface area contributed by atoms with Crippen LogP contribution in [-0.4, -0.2) is 40.8 Å². The molecule has 3 rings (SSSR count). The molecule has 0 saturated carbocycles. The highest BCUT2D eigenvalue weighted by molar-refractivity contribution is 5.91. The van der Waals surface area contributed by atoms with Gasteiger partial charge in [0.05, 0.1) is 17.6 Å². The predicted octanol–water partition coefficient (Wildman–Crippen LogP) is 2.15. The molecule has 0 bridgehead atoms. The lowest BCUT2D eigenvalue weighted by Crippen LogP contribution is -2.46. The standard InChI is InChI=1S/C18H19N3O5/c22-17(12-13-4-1-2-5-15(13)21(24)25)19-14-7-9-20(10-8-14)18(23)16-6-3-11-26-16/h1-6,11,14H,7-10,12H2,(H,19,22). The number of nitro benzene ring substituents is 1. The summed E-state index contributed by atoms with van der Waals surface area (Å²) in [5.41, 5.74) is 0.335. The van der Waals surface area contributed by atoms with E-state index in [0.29, 0.717) is 37.3 Å². The topological polar surface area (TPSA) is 106 Å². The van der Waals surface area contributed by atoms with Crippen LogP contribution in [0.25, 0.3) is 0 Å². The summed E-state index contributed by atoms with van der Waals surface area (Å²) in [4.78, 5) is 36.7. The van der Waals surface area contributed by atoms with Gasteiger partial charge in [0.25, 0.3) is 11.6 Å². The minimum atomic E-state index is -0.485. The Morgan fingerprint density at radius 2 is 1.92 bits per heavy atom. The van der Waals surface area contributed by atoms with E-state index < -0.39 is 4.92 Å². The van der Waals surface area contributed by atoms with Gasteiger partial charge in [0, 0.05) is 30.8 Å². The van der Waals surface area contributed by atoms with Crippen LogP contribution in [0.15, 0.2) is 47.1 Å². The first-order chi connectivity index (χ1) is 12.5. The average molecular weight is 357 g/mol. The lowest BCUT2D eigenvalue weighted by Gasteiger charge is -2.31. The molecular weight excluding hydrogens is 338 g/mol. The van der Waals surface area contributed by atoms with Crippen LogP contribution in [0.3, 0.4) is 0 Å². The van der Waals surface area contributed by atoms with E-state index in [0.717, 1.165) is 0 Å². The first-order valence-electron chi connectivity index (χ1n) is 8.39. The van der Waals surface area contributed by atoms with Gasteiger partial charge in [-0.1, -0.05) is 18.2 Å². The smallest absolute Gasteiger partial charge is 0.289 e. The molecule has 1 aromatic carbocycles. The largest absolute Gasteiger partial charge is 0.459 e. The minimum absolute atomic E-state index is 0.0390. The number of rotatable bonds is 5. The fourth-order valence-electron chi connectivity index (χ4n) is 3.07. The molecule has 136 valence electrons. The monoisotopic (exact) mass is 357 g/mol. The molecule has 0 aliphatic carbocycles. The molecule has 2 heterocycles. The highest BCUT2D eigenvalue weighted by atomic mass is 16.6. The fourth-order valence-corrected chi connectivity index (χ4v) is 3.07. The number of furan rings is 1. The van der Waals surface area contributed by atoms with Gasteiger partial charge in [0.15, 0.2) is 5.76 Å². The number of nitrogens with one attached hydrogen (secondary N) is 1. The molecule has 1 fully saturated rings. The molecular formula is C18H19N3O5. The van der Waals surface area contributed by atoms with Gasteiger partial charge in [-0.3, -0.25) is 19.7 Å². The number of likely N-dealkylation sites (tertiary alicyclic amines) is 1. The molecule has 1 saturated heterocycles. The number of benzene rings is 1. The zero-order valence-corrected chi connectivity index (χ0v) is 14.1. The van der Waals surface area contributed by atoms with E-state index in [4.69, 9.17) is 4.42 Å². The maximum atomic E-state index is 12.2. The maximum absolute atomic E-state index is 12.2. The van der Waals surface area contributed by atoms with Crippen LogP contribution < -0.4 is 5.32 Å². The molecule has 0 unspecified atom stereocenters. The molecule has 26 heavy (non-hydrogen) atoms. The Morgan fingerprint density at radius 3 is 2.58 bits per heavy atom. The number of amides is 2. The van der Waals surface area contributed by atoms with Crippen LogP contribution in [0.4, 0.5) is 5.69 Å². The summed E-state index contributed by atoms with van der Waals surface area (Å²) in [5, 5.41) is 13.9. The second kappa shape index (κ2) is 7.81. The predicted molar refractivity (Wildman–Crippen MR) is 92.6 cm³/mol. The van der Waals surface area contributed by atoms with Crippen LogP contribution in [-0.2, 0) is 11.2 Å². The molecule has 1 aromatic heterocycles. The summed E-state index contributed by atoms with van der Waals surface area (Å²) >= 11 is 0. The molecule has 2 aromatic rings. The van der Waals surface area contributed by atoms with Crippen molar-refractivity contribution in [2.75, 3.05) is 13.1 Å². The van der Waals surface area contributed by atoms with Crippen LogP contribution in [0.5, 0.6) is 0 Å². The molecule has 8 nitrogen and oxygen atoms in total. The highest BCUT2D eigenvalue weighted by Gasteiger charge is 2.26. The summed E-state index contributed by atoms with van der Waals surface area (Å²) in [6.45, 7) is 1.05. The van der Waals surface area contributed by atoms with Crippen LogP contribution in [0.2, 0.25) is 0 Å². The van der Waals surface area contributed by atoms with Crippen molar-refractivity contribution >= 4 is 17.5 Å². The average Bonchev–Trinajstić information content (AvgIpc) is 3.16. The van der Waals surface area contributed by atoms with Gasteiger partial charge in [0.1, 0.15) is 0 Å². The van der Waals surface area contributed by atoms with Gasteiger partial charge < -0.3 is 14.6 Å². The number of nitrogens with zero attached hydrogens (tertiary/aromatic N) is 2. The molecule has 0 spiro atoms. The lowest BCUT2D eigenvalue weighted by molar-refractivity contribution is -0.385. The summed E-state index contributed by atoms with van der Waals surface area (Å²) in [7, 11) is 0. The summed E-state index contributed by atoms with van der Waals surface area (Å²) in [6.07, 6.45) is 2.69. The normalized spacial score (nSPS) is 14.8. The Labute approximate surface area is 149 Å². The number of hydrogen-bond acceptors (Lipinski definition) is 5. The second-order valence-corrected chi connectivity index (χ2v) is 6.17. The van der Waals surface area contributed by atoms with Gasteiger partial charge in [-0.15, -0.1) is 0 Å². The number of carbonyl (C=O) groups is 2. The van der Waals surface area contributed by atoms with E-state index in [2.05, 4.69) is 5.32 Å². The fraction of sp³-hybridized carbons (Fsp3) is 0.333. The zero-order valence-electron chi connectivity index (χ0n) is 14.1. The van der Waals surface area contributed by atoms with Crippen LogP contribution in [0, 0.1) is 10.1 Å². The SMILES string of the molecule is O=C(Cc1ccccc1[N+](=O)[O-])NC1CCN(C(=O)c2ccco2)CC1. The van der Waals surface area contributed by atoms with Crippen molar-refractivity contribution in [3.05, 3.63) is 64.1 Å². The van der Waals surface area contributed by atoms with E-state index in [1.54, 1.807) is 35.2 Å². The number of hydrogen-bond donors (Lipinski definition) is 1. The van der Waals surface area contributed by atoms with E-state index >= 15 is 0 Å². The van der Waals surface area contributed by atoms with Crippen molar-refractivity contribution in [3.63, 3.8) is 0 Å². The Hall–Kier alpha value is -3.16. The highest BCUT2D eigenvalue weighted by Crippen LogP contribution is 2.19. The van der Waals surface area contributed by atoms with E-state index in [1.807, 2.05) is 0 Å². The third-order valence-electron chi connectivity index (χ3n) is 4.42. The zero-order chi connectivity index (χ0) is 18.5. The van der Waals surface area contributed by atoms with Gasteiger partial charge in [0.2, 0.25) is 5.91 Å². The molecule has 1 N–H and O–H groups in total. The Balaban J connectivity index is 1.51. The van der Waals surface area contributed by atoms with Crippen LogP contribution >= 0.6 is 0 Å². The van der Waals surface area contributed by atoms with Crippen molar-refractivity contribution in [2.45, 2.75) is 25.3 Å².